The molecule has 0 atom stereocenters. The minimum absolute atomic E-state index is 0. The van der Waals surface area contributed by atoms with E-state index in [0.29, 0.717) is 0 Å². The van der Waals surface area contributed by atoms with E-state index < -0.39 is 11.9 Å². The van der Waals surface area contributed by atoms with Crippen LogP contribution in [0.25, 0.3) is 0 Å². The zero-order valence-electron chi connectivity index (χ0n) is 27.1. The summed E-state index contributed by atoms with van der Waals surface area (Å²) in [4.78, 5) is 20.4. The Labute approximate surface area is 278 Å². The molecule has 0 aromatic carbocycles. The maximum atomic E-state index is 10.2. The van der Waals surface area contributed by atoms with Crippen LogP contribution >= 0.6 is 0 Å². The van der Waals surface area contributed by atoms with E-state index in [2.05, 4.69) is 62.5 Å². The molecule has 0 aliphatic carbocycles. The number of rotatable bonds is 28. The Kier molecular flexibility index (Phi) is 50.2. The number of allylic oxidation sites excluding steroid dienone is 8. The Balaban J connectivity index is -0.000000328. The molecule has 0 aliphatic rings. The summed E-state index contributed by atoms with van der Waals surface area (Å²) in [5.41, 5.74) is 0. The molecule has 0 fully saturated rings. The molecule has 0 radical (unpaired) electrons. The number of hydrogen-bond donors (Lipinski definition) is 0. The minimum atomic E-state index is -0.921. The molecule has 42 heavy (non-hydrogen) atoms. The summed E-state index contributed by atoms with van der Waals surface area (Å²) in [7, 11) is 0. The van der Waals surface area contributed by atoms with Crippen molar-refractivity contribution in [2.24, 2.45) is 0 Å². The van der Waals surface area contributed by atoms with E-state index in [-0.39, 0.29) is 44.5 Å². The summed E-state index contributed by atoms with van der Waals surface area (Å²) >= 11 is 0. The van der Waals surface area contributed by atoms with Gasteiger partial charge in [-0.2, -0.15) is 0 Å². The molecule has 0 amide bonds. The van der Waals surface area contributed by atoms with E-state index in [1.54, 1.807) is 0 Å². The Hall–Kier alpha value is -1.26. The van der Waals surface area contributed by atoms with Crippen molar-refractivity contribution in [1.29, 1.82) is 0 Å². The van der Waals surface area contributed by atoms with E-state index in [0.717, 1.165) is 64.2 Å². The summed E-state index contributed by atoms with van der Waals surface area (Å²) in [6, 6.07) is 0. The second-order valence-electron chi connectivity index (χ2n) is 10.7. The van der Waals surface area contributed by atoms with Gasteiger partial charge in [-0.3, -0.25) is 0 Å². The van der Waals surface area contributed by atoms with Crippen LogP contribution in [0.5, 0.6) is 0 Å². The van der Waals surface area contributed by atoms with Gasteiger partial charge in [0, 0.05) is 11.9 Å². The van der Waals surface area contributed by atoms with Crippen LogP contribution in [0.1, 0.15) is 168 Å². The molecular weight excluding hydrogens is 604 g/mol. The quantitative estimate of drug-likeness (QED) is 0.0614. The molecular formula is C36H62O5Zr. The van der Waals surface area contributed by atoms with Crippen molar-refractivity contribution in [2.45, 2.75) is 168 Å². The summed E-state index contributed by atoms with van der Waals surface area (Å²) in [6.07, 6.45) is 43.9. The zero-order chi connectivity index (χ0) is 29.8. The van der Waals surface area contributed by atoms with Gasteiger partial charge in [-0.1, -0.05) is 127 Å². The summed E-state index contributed by atoms with van der Waals surface area (Å²) in [6.45, 7) is 4.46. The molecule has 0 rings (SSSR count). The first kappa shape index (κ1) is 47.7. The SMILES string of the molecule is CCCCC/C=C\C/C=C\CCCCCCCC(=O)[O-].CCCCC/C=C\C/C=C\CCCCCCCC(=O)[O-].[O-2].[Zr+4]. The van der Waals surface area contributed by atoms with E-state index in [1.165, 1.54) is 77.0 Å². The molecule has 0 unspecified atom stereocenters. The van der Waals surface area contributed by atoms with Crippen LogP contribution in [0.2, 0.25) is 0 Å². The zero-order valence-corrected chi connectivity index (χ0v) is 29.6. The summed E-state index contributed by atoms with van der Waals surface area (Å²) < 4.78 is 0. The Morgan fingerprint density at radius 2 is 0.690 bits per heavy atom. The molecule has 0 heterocycles. The molecule has 5 nitrogen and oxygen atoms in total. The third-order valence-corrected chi connectivity index (χ3v) is 6.66. The number of carboxylic acids is 2. The van der Waals surface area contributed by atoms with Crippen molar-refractivity contribution < 1.29 is 51.5 Å². The Morgan fingerprint density at radius 1 is 0.429 bits per heavy atom. The van der Waals surface area contributed by atoms with Gasteiger partial charge >= 0.3 is 26.2 Å². The van der Waals surface area contributed by atoms with Crippen molar-refractivity contribution in [3.8, 4) is 0 Å². The third-order valence-electron chi connectivity index (χ3n) is 6.66. The maximum absolute atomic E-state index is 10.2. The number of hydrogen-bond acceptors (Lipinski definition) is 4. The number of carboxylic acid groups (broad SMARTS) is 2. The van der Waals surface area contributed by atoms with Crippen LogP contribution in [-0.4, -0.2) is 11.9 Å². The fraction of sp³-hybridized carbons (Fsp3) is 0.722. The van der Waals surface area contributed by atoms with Gasteiger partial charge in [-0.05, 0) is 89.9 Å². The van der Waals surface area contributed by atoms with Crippen LogP contribution in [-0.2, 0) is 41.3 Å². The number of carbonyl (C=O) groups is 2. The van der Waals surface area contributed by atoms with Crippen molar-refractivity contribution in [3.63, 3.8) is 0 Å². The van der Waals surface area contributed by atoms with Gasteiger partial charge in [0.15, 0.2) is 0 Å². The molecule has 0 aliphatic heterocycles. The van der Waals surface area contributed by atoms with Crippen LogP contribution < -0.4 is 10.2 Å². The molecule has 0 spiro atoms. The van der Waals surface area contributed by atoms with Crippen molar-refractivity contribution >= 4 is 11.9 Å². The molecule has 0 saturated heterocycles. The molecule has 0 N–H and O–H groups in total. The molecule has 6 heteroatoms. The van der Waals surface area contributed by atoms with Crippen molar-refractivity contribution in [1.82, 2.24) is 0 Å². The average Bonchev–Trinajstić information content (AvgIpc) is 2.93. The van der Waals surface area contributed by atoms with Crippen molar-refractivity contribution in [2.75, 3.05) is 0 Å². The van der Waals surface area contributed by atoms with E-state index >= 15 is 0 Å². The van der Waals surface area contributed by atoms with E-state index in [4.69, 9.17) is 0 Å². The van der Waals surface area contributed by atoms with Crippen LogP contribution in [0.15, 0.2) is 48.6 Å². The average molecular weight is 666 g/mol. The third kappa shape index (κ3) is 51.5. The van der Waals surface area contributed by atoms with Crippen LogP contribution in [0, 0.1) is 0 Å². The predicted molar refractivity (Wildman–Crippen MR) is 169 cm³/mol. The van der Waals surface area contributed by atoms with Gasteiger partial charge in [0.25, 0.3) is 0 Å². The Bertz CT molecular complexity index is 599. The molecule has 0 saturated carbocycles. The van der Waals surface area contributed by atoms with Crippen LogP contribution in [0.3, 0.4) is 0 Å². The molecule has 0 aromatic rings. The normalized spacial score (nSPS) is 11.1. The van der Waals surface area contributed by atoms with Crippen LogP contribution in [0.4, 0.5) is 0 Å². The van der Waals surface area contributed by atoms with E-state index in [9.17, 15) is 19.8 Å². The smallest absolute Gasteiger partial charge is 2.00 e. The predicted octanol–water partition coefficient (Wildman–Crippen LogP) is 8.98. The maximum Gasteiger partial charge on any atom is 4.00 e. The fourth-order valence-electron chi connectivity index (χ4n) is 4.16. The van der Waals surface area contributed by atoms with Gasteiger partial charge in [0.2, 0.25) is 0 Å². The van der Waals surface area contributed by atoms with Gasteiger partial charge in [-0.15, -0.1) is 0 Å². The number of aliphatic carboxylic acids is 2. The summed E-state index contributed by atoms with van der Waals surface area (Å²) in [5.74, 6) is -1.84. The second kappa shape index (κ2) is 44.2. The van der Waals surface area contributed by atoms with Gasteiger partial charge in [0.1, 0.15) is 0 Å². The van der Waals surface area contributed by atoms with Gasteiger partial charge in [-0.25, -0.2) is 0 Å². The largest absolute Gasteiger partial charge is 4.00 e. The number of carbonyl (C=O) groups excluding carboxylic acids is 2. The number of unbranched alkanes of at least 4 members (excludes halogenated alkanes) is 16. The van der Waals surface area contributed by atoms with Crippen molar-refractivity contribution in [3.05, 3.63) is 48.6 Å². The standard InChI is InChI=1S/2C18H32O2.O.Zr/c2*1-2-3-4-5-6-7-8-9-10-11-12-13-14-15-16-17-18(19)20;;/h2*6-7,9-10H,2-5,8,11-17H2,1H3,(H,19,20);;/q;;-2;+4/p-2/b2*7-6-,10-9-;;. The van der Waals surface area contributed by atoms with Gasteiger partial charge < -0.3 is 25.3 Å². The topological polar surface area (TPSA) is 109 Å². The molecule has 240 valence electrons. The first-order valence-corrected chi connectivity index (χ1v) is 16.5. The monoisotopic (exact) mass is 664 g/mol. The Morgan fingerprint density at radius 3 is 0.976 bits per heavy atom. The molecule has 0 bridgehead atoms. The van der Waals surface area contributed by atoms with Gasteiger partial charge in [0.05, 0.1) is 0 Å². The summed E-state index contributed by atoms with van der Waals surface area (Å²) in [5, 5.41) is 20.4. The molecule has 0 aromatic heterocycles. The van der Waals surface area contributed by atoms with E-state index in [1.807, 2.05) is 0 Å². The first-order chi connectivity index (χ1) is 19.5. The first-order valence-electron chi connectivity index (χ1n) is 16.5. The fourth-order valence-corrected chi connectivity index (χ4v) is 4.16. The second-order valence-corrected chi connectivity index (χ2v) is 10.7. The minimum Gasteiger partial charge on any atom is -2.00 e.